The van der Waals surface area contributed by atoms with Crippen molar-refractivity contribution >= 4 is 23.3 Å². The monoisotopic (exact) mass is 269 g/mol. The van der Waals surface area contributed by atoms with Gasteiger partial charge in [-0.25, -0.2) is 9.78 Å². The molecule has 0 spiro atoms. The molecule has 1 aromatic heterocycles. The van der Waals surface area contributed by atoms with Crippen molar-refractivity contribution in [2.24, 2.45) is 0 Å². The first-order valence-electron chi connectivity index (χ1n) is 6.44. The van der Waals surface area contributed by atoms with Gasteiger partial charge in [-0.3, -0.25) is 5.32 Å². The van der Waals surface area contributed by atoms with Crippen LogP contribution in [0.3, 0.4) is 0 Å². The second-order valence-corrected chi connectivity index (χ2v) is 4.55. The minimum Gasteiger partial charge on any atom is -0.453 e. The van der Waals surface area contributed by atoms with E-state index in [0.717, 1.165) is 18.8 Å². The van der Waals surface area contributed by atoms with Crippen molar-refractivity contribution in [2.45, 2.75) is 6.42 Å². The molecule has 5 heteroatoms. The number of rotatable bonds is 2. The van der Waals surface area contributed by atoms with Gasteiger partial charge in [0.15, 0.2) is 0 Å². The molecule has 1 aliphatic heterocycles. The fraction of sp³-hybridized carbons (Fsp3) is 0.200. The second kappa shape index (κ2) is 5.21. The van der Waals surface area contributed by atoms with Gasteiger partial charge < -0.3 is 9.64 Å². The Morgan fingerprint density at radius 3 is 2.90 bits per heavy atom. The molecule has 0 saturated heterocycles. The Hall–Kier alpha value is -2.56. The molecular formula is C15H15N3O2. The van der Waals surface area contributed by atoms with Crippen LogP contribution >= 0.6 is 0 Å². The van der Waals surface area contributed by atoms with Crippen LogP contribution < -0.4 is 10.2 Å². The first kappa shape index (κ1) is 12.5. The highest BCUT2D eigenvalue weighted by atomic mass is 16.5. The summed E-state index contributed by atoms with van der Waals surface area (Å²) in [6, 6.07) is 12.0. The second-order valence-electron chi connectivity index (χ2n) is 4.55. The highest BCUT2D eigenvalue weighted by Crippen LogP contribution is 2.33. The standard InChI is InChI=1S/C15H15N3O2/c1-20-15(19)17-12-6-7-14(16-10-12)18-9-8-11-4-2-3-5-13(11)18/h2-7,10H,8-9H2,1H3,(H,17,19). The third kappa shape index (κ3) is 2.30. The number of hydrogen-bond donors (Lipinski definition) is 1. The van der Waals surface area contributed by atoms with E-state index in [1.807, 2.05) is 18.2 Å². The topological polar surface area (TPSA) is 54.5 Å². The van der Waals surface area contributed by atoms with Crippen molar-refractivity contribution in [1.29, 1.82) is 0 Å². The van der Waals surface area contributed by atoms with Crippen molar-refractivity contribution in [2.75, 3.05) is 23.9 Å². The van der Waals surface area contributed by atoms with Gasteiger partial charge in [-0.2, -0.15) is 0 Å². The van der Waals surface area contributed by atoms with Crippen molar-refractivity contribution in [3.05, 3.63) is 48.2 Å². The lowest BCUT2D eigenvalue weighted by molar-refractivity contribution is 0.187. The molecule has 1 amide bonds. The quantitative estimate of drug-likeness (QED) is 0.910. The molecule has 1 aliphatic rings. The zero-order valence-corrected chi connectivity index (χ0v) is 11.2. The van der Waals surface area contributed by atoms with Crippen molar-refractivity contribution < 1.29 is 9.53 Å². The van der Waals surface area contributed by atoms with Gasteiger partial charge in [-0.1, -0.05) is 18.2 Å². The molecule has 0 radical (unpaired) electrons. The van der Waals surface area contributed by atoms with Crippen LogP contribution in [0.15, 0.2) is 42.6 Å². The Labute approximate surface area is 117 Å². The van der Waals surface area contributed by atoms with Crippen LogP contribution in [0.25, 0.3) is 0 Å². The summed E-state index contributed by atoms with van der Waals surface area (Å²) >= 11 is 0. The number of nitrogens with zero attached hydrogens (tertiary/aromatic N) is 2. The number of carbonyl (C=O) groups excluding carboxylic acids is 1. The largest absolute Gasteiger partial charge is 0.453 e. The van der Waals surface area contributed by atoms with E-state index in [1.54, 1.807) is 6.20 Å². The van der Waals surface area contributed by atoms with E-state index in [0.29, 0.717) is 5.69 Å². The molecule has 0 fully saturated rings. The van der Waals surface area contributed by atoms with E-state index in [4.69, 9.17) is 0 Å². The normalized spacial score (nSPS) is 12.9. The van der Waals surface area contributed by atoms with Gasteiger partial charge in [0, 0.05) is 12.2 Å². The summed E-state index contributed by atoms with van der Waals surface area (Å²) in [6.07, 6.45) is 2.17. The minimum atomic E-state index is -0.494. The number of hydrogen-bond acceptors (Lipinski definition) is 4. The van der Waals surface area contributed by atoms with Crippen LogP contribution in [0.1, 0.15) is 5.56 Å². The number of pyridine rings is 1. The van der Waals surface area contributed by atoms with Crippen LogP contribution in [0, 0.1) is 0 Å². The predicted molar refractivity (Wildman–Crippen MR) is 77.4 cm³/mol. The summed E-state index contributed by atoms with van der Waals surface area (Å²) in [7, 11) is 1.33. The van der Waals surface area contributed by atoms with Crippen LogP contribution in [-0.4, -0.2) is 24.7 Å². The summed E-state index contributed by atoms with van der Waals surface area (Å²) in [5, 5.41) is 2.59. The van der Waals surface area contributed by atoms with Crippen LogP contribution in [0.2, 0.25) is 0 Å². The fourth-order valence-electron chi connectivity index (χ4n) is 2.36. The number of fused-ring (bicyclic) bond motifs is 1. The SMILES string of the molecule is COC(=O)Nc1ccc(N2CCc3ccccc32)nc1. The first-order chi connectivity index (χ1) is 9.78. The van der Waals surface area contributed by atoms with Gasteiger partial charge in [0.1, 0.15) is 5.82 Å². The van der Waals surface area contributed by atoms with E-state index in [1.165, 1.54) is 18.4 Å². The smallest absolute Gasteiger partial charge is 0.411 e. The molecule has 0 unspecified atom stereocenters. The lowest BCUT2D eigenvalue weighted by Gasteiger charge is -2.18. The maximum atomic E-state index is 11.1. The number of anilines is 3. The average molecular weight is 269 g/mol. The summed E-state index contributed by atoms with van der Waals surface area (Å²) in [5.41, 5.74) is 3.16. The summed E-state index contributed by atoms with van der Waals surface area (Å²) < 4.78 is 4.54. The summed E-state index contributed by atoms with van der Waals surface area (Å²) in [4.78, 5) is 17.7. The molecule has 2 aromatic rings. The fourth-order valence-corrected chi connectivity index (χ4v) is 2.36. The molecule has 0 aliphatic carbocycles. The van der Waals surface area contributed by atoms with Crippen LogP contribution in [0.5, 0.6) is 0 Å². The number of nitrogens with one attached hydrogen (secondary N) is 1. The Morgan fingerprint density at radius 1 is 1.30 bits per heavy atom. The Bertz CT molecular complexity index is 625. The third-order valence-corrected chi connectivity index (χ3v) is 3.34. The van der Waals surface area contributed by atoms with E-state index in [9.17, 15) is 4.79 Å². The maximum Gasteiger partial charge on any atom is 0.411 e. The molecular weight excluding hydrogens is 254 g/mol. The van der Waals surface area contributed by atoms with Crippen molar-refractivity contribution in [3.8, 4) is 0 Å². The van der Waals surface area contributed by atoms with Gasteiger partial charge in [0.05, 0.1) is 19.0 Å². The lowest BCUT2D eigenvalue weighted by atomic mass is 10.2. The molecule has 0 bridgehead atoms. The number of benzene rings is 1. The number of amides is 1. The summed E-state index contributed by atoms with van der Waals surface area (Å²) in [5.74, 6) is 0.880. The molecule has 1 N–H and O–H groups in total. The Balaban J connectivity index is 1.81. The molecule has 102 valence electrons. The Morgan fingerprint density at radius 2 is 2.15 bits per heavy atom. The number of carbonyl (C=O) groups is 1. The summed E-state index contributed by atoms with van der Waals surface area (Å²) in [6.45, 7) is 0.927. The van der Waals surface area contributed by atoms with E-state index < -0.39 is 6.09 Å². The molecule has 2 heterocycles. The molecule has 20 heavy (non-hydrogen) atoms. The van der Waals surface area contributed by atoms with Gasteiger partial charge in [0.25, 0.3) is 0 Å². The van der Waals surface area contributed by atoms with Crippen molar-refractivity contribution in [3.63, 3.8) is 0 Å². The zero-order chi connectivity index (χ0) is 13.9. The van der Waals surface area contributed by atoms with Crippen molar-refractivity contribution in [1.82, 2.24) is 4.98 Å². The first-order valence-corrected chi connectivity index (χ1v) is 6.44. The molecule has 3 rings (SSSR count). The van der Waals surface area contributed by atoms with Gasteiger partial charge in [-0.05, 0) is 30.2 Å². The number of ether oxygens (including phenoxy) is 1. The van der Waals surface area contributed by atoms with E-state index in [2.05, 4.69) is 38.1 Å². The maximum absolute atomic E-state index is 11.1. The van der Waals surface area contributed by atoms with E-state index >= 15 is 0 Å². The van der Waals surface area contributed by atoms with E-state index in [-0.39, 0.29) is 0 Å². The highest BCUT2D eigenvalue weighted by molar-refractivity contribution is 5.84. The van der Waals surface area contributed by atoms with Crippen LogP contribution in [0.4, 0.5) is 22.0 Å². The number of aromatic nitrogens is 1. The van der Waals surface area contributed by atoms with Gasteiger partial charge >= 0.3 is 6.09 Å². The third-order valence-electron chi connectivity index (χ3n) is 3.34. The average Bonchev–Trinajstić information content (AvgIpc) is 2.92. The van der Waals surface area contributed by atoms with Gasteiger partial charge in [0.2, 0.25) is 0 Å². The minimum absolute atomic E-state index is 0.494. The molecule has 5 nitrogen and oxygen atoms in total. The zero-order valence-electron chi connectivity index (χ0n) is 11.2. The highest BCUT2D eigenvalue weighted by Gasteiger charge is 2.20. The number of methoxy groups -OCH3 is 1. The molecule has 1 aromatic carbocycles. The lowest BCUT2D eigenvalue weighted by Crippen LogP contribution is -2.15. The molecule has 0 atom stereocenters. The number of para-hydroxylation sites is 1. The van der Waals surface area contributed by atoms with Crippen LogP contribution in [-0.2, 0) is 11.2 Å². The van der Waals surface area contributed by atoms with Gasteiger partial charge in [-0.15, -0.1) is 0 Å². The predicted octanol–water partition coefficient (Wildman–Crippen LogP) is 2.95. The molecule has 0 saturated carbocycles. The Kier molecular flexibility index (Phi) is 3.25.